The van der Waals surface area contributed by atoms with Gasteiger partial charge in [-0.25, -0.2) is 9.78 Å². The van der Waals surface area contributed by atoms with Gasteiger partial charge in [0.25, 0.3) is 5.91 Å². The maximum Gasteiger partial charge on any atom is 0.339 e. The van der Waals surface area contributed by atoms with Gasteiger partial charge in [-0.1, -0.05) is 18.2 Å². The minimum atomic E-state index is -1.32. The highest BCUT2D eigenvalue weighted by molar-refractivity contribution is 7.14. The van der Waals surface area contributed by atoms with Crippen LogP contribution in [0.4, 0.5) is 5.13 Å². The second-order valence-electron chi connectivity index (χ2n) is 6.03. The van der Waals surface area contributed by atoms with E-state index in [-0.39, 0.29) is 18.8 Å². The van der Waals surface area contributed by atoms with E-state index in [2.05, 4.69) is 10.3 Å². The quantitative estimate of drug-likeness (QED) is 0.808. The molecule has 2 aromatic rings. The highest BCUT2D eigenvalue weighted by Gasteiger charge is 2.42. The summed E-state index contributed by atoms with van der Waals surface area (Å²) in [5.41, 5.74) is 0.436. The van der Waals surface area contributed by atoms with Crippen LogP contribution in [0.15, 0.2) is 29.6 Å². The van der Waals surface area contributed by atoms with Gasteiger partial charge in [0.1, 0.15) is 0 Å². The average Bonchev–Trinajstić information content (AvgIpc) is 3.01. The van der Waals surface area contributed by atoms with Gasteiger partial charge in [0, 0.05) is 11.8 Å². The summed E-state index contributed by atoms with van der Waals surface area (Å²) < 4.78 is 10.3. The maximum absolute atomic E-state index is 12.7. The first-order valence-corrected chi connectivity index (χ1v) is 9.02. The van der Waals surface area contributed by atoms with Crippen LogP contribution in [0.2, 0.25) is 0 Å². The summed E-state index contributed by atoms with van der Waals surface area (Å²) in [7, 11) is 0. The maximum atomic E-state index is 12.7. The molecule has 3 rings (SSSR count). The van der Waals surface area contributed by atoms with E-state index in [1.165, 1.54) is 11.3 Å². The third-order valence-electron chi connectivity index (χ3n) is 3.97. The molecule has 0 radical (unpaired) electrons. The molecule has 7 nitrogen and oxygen atoms in total. The normalized spacial score (nSPS) is 18.6. The van der Waals surface area contributed by atoms with Crippen LogP contribution in [0.3, 0.4) is 0 Å². The molecular weight excluding hydrogens is 356 g/mol. The van der Waals surface area contributed by atoms with Crippen molar-refractivity contribution in [1.29, 1.82) is 0 Å². The van der Waals surface area contributed by atoms with Gasteiger partial charge < -0.3 is 9.47 Å². The van der Waals surface area contributed by atoms with E-state index >= 15 is 0 Å². The van der Waals surface area contributed by atoms with Crippen LogP contribution in [0, 0.1) is 0 Å². The zero-order valence-electron chi connectivity index (χ0n) is 14.4. The Bertz CT molecular complexity index is 863. The molecule has 1 aliphatic heterocycles. The third kappa shape index (κ3) is 3.75. The number of cyclic esters (lactones) is 1. The SMILES string of the molecule is CCOC(=O)Cc1csc(NC(=O)C2(C)Cc3ccccc3C(=O)O2)n1. The van der Waals surface area contributed by atoms with Gasteiger partial charge in [-0.05, 0) is 25.5 Å². The van der Waals surface area contributed by atoms with E-state index < -0.39 is 17.5 Å². The van der Waals surface area contributed by atoms with Crippen LogP contribution in [0.1, 0.15) is 35.5 Å². The summed E-state index contributed by atoms with van der Waals surface area (Å²) in [4.78, 5) is 40.5. The Hall–Kier alpha value is -2.74. The number of nitrogens with one attached hydrogen (secondary N) is 1. The van der Waals surface area contributed by atoms with Crippen molar-refractivity contribution in [3.05, 3.63) is 46.5 Å². The topological polar surface area (TPSA) is 94.6 Å². The Morgan fingerprint density at radius 3 is 2.92 bits per heavy atom. The number of hydrogen-bond acceptors (Lipinski definition) is 7. The van der Waals surface area contributed by atoms with E-state index in [1.54, 1.807) is 31.4 Å². The number of benzene rings is 1. The molecular formula is C18H18N2O5S. The lowest BCUT2D eigenvalue weighted by molar-refractivity contribution is -0.142. The molecule has 0 saturated heterocycles. The number of anilines is 1. The van der Waals surface area contributed by atoms with E-state index in [9.17, 15) is 14.4 Å². The second kappa shape index (κ2) is 7.25. The zero-order valence-corrected chi connectivity index (χ0v) is 15.2. The van der Waals surface area contributed by atoms with E-state index in [1.807, 2.05) is 12.1 Å². The predicted octanol–water partition coefficient (Wildman–Crippen LogP) is 2.36. The van der Waals surface area contributed by atoms with Crippen LogP contribution in [0.5, 0.6) is 0 Å². The minimum Gasteiger partial charge on any atom is -0.466 e. The fraction of sp³-hybridized carbons (Fsp3) is 0.333. The Kier molecular flexibility index (Phi) is 5.03. The van der Waals surface area contributed by atoms with Gasteiger partial charge in [0.05, 0.1) is 24.3 Å². The Balaban J connectivity index is 1.70. The highest BCUT2D eigenvalue weighted by atomic mass is 32.1. The number of rotatable bonds is 5. The number of nitrogens with zero attached hydrogens (tertiary/aromatic N) is 1. The van der Waals surface area contributed by atoms with Crippen molar-refractivity contribution in [1.82, 2.24) is 4.98 Å². The number of aromatic nitrogens is 1. The molecule has 0 fully saturated rings. The van der Waals surface area contributed by atoms with Gasteiger partial charge in [-0.3, -0.25) is 14.9 Å². The first kappa shape index (κ1) is 18.1. The lowest BCUT2D eigenvalue weighted by Crippen LogP contribution is -2.48. The van der Waals surface area contributed by atoms with Gasteiger partial charge in [0.15, 0.2) is 10.7 Å². The van der Waals surface area contributed by atoms with Gasteiger partial charge in [-0.2, -0.15) is 0 Å². The van der Waals surface area contributed by atoms with Crippen molar-refractivity contribution in [2.24, 2.45) is 0 Å². The monoisotopic (exact) mass is 374 g/mol. The number of hydrogen-bond donors (Lipinski definition) is 1. The fourth-order valence-corrected chi connectivity index (χ4v) is 3.40. The number of thiazole rings is 1. The lowest BCUT2D eigenvalue weighted by Gasteiger charge is -2.32. The predicted molar refractivity (Wildman–Crippen MR) is 95.0 cm³/mol. The van der Waals surface area contributed by atoms with Gasteiger partial charge in [-0.15, -0.1) is 11.3 Å². The first-order chi connectivity index (χ1) is 12.4. The van der Waals surface area contributed by atoms with Crippen LogP contribution >= 0.6 is 11.3 Å². The molecule has 0 aliphatic carbocycles. The summed E-state index contributed by atoms with van der Waals surface area (Å²) in [6.07, 6.45) is 0.321. The summed E-state index contributed by atoms with van der Waals surface area (Å²) in [5.74, 6) is -1.36. The standard InChI is InChI=1S/C18H18N2O5S/c1-3-24-14(21)8-12-10-26-17(19-12)20-16(23)18(2)9-11-6-4-5-7-13(11)15(22)25-18/h4-7,10H,3,8-9H2,1-2H3,(H,19,20,23). The van der Waals surface area contributed by atoms with Gasteiger partial charge in [0.2, 0.25) is 0 Å². The van der Waals surface area contributed by atoms with E-state index in [0.717, 1.165) is 5.56 Å². The van der Waals surface area contributed by atoms with Crippen molar-refractivity contribution in [2.75, 3.05) is 11.9 Å². The number of esters is 2. The molecule has 1 aromatic heterocycles. The highest BCUT2D eigenvalue weighted by Crippen LogP contribution is 2.29. The molecule has 1 unspecified atom stereocenters. The molecule has 2 heterocycles. The molecule has 1 aromatic carbocycles. The second-order valence-corrected chi connectivity index (χ2v) is 6.89. The third-order valence-corrected chi connectivity index (χ3v) is 4.77. The van der Waals surface area contributed by atoms with Crippen molar-refractivity contribution in [3.8, 4) is 0 Å². The van der Waals surface area contributed by atoms with Crippen molar-refractivity contribution >= 4 is 34.3 Å². The van der Waals surface area contributed by atoms with Crippen LogP contribution in [-0.4, -0.2) is 35.0 Å². The molecule has 8 heteroatoms. The molecule has 0 spiro atoms. The molecule has 1 aliphatic rings. The van der Waals surface area contributed by atoms with Crippen molar-refractivity contribution < 1.29 is 23.9 Å². The van der Waals surface area contributed by atoms with E-state index in [4.69, 9.17) is 9.47 Å². The number of ether oxygens (including phenoxy) is 2. The van der Waals surface area contributed by atoms with E-state index in [0.29, 0.717) is 23.0 Å². The summed E-state index contributed by atoms with van der Waals surface area (Å²) in [5, 5.41) is 4.68. The Morgan fingerprint density at radius 1 is 1.38 bits per heavy atom. The Morgan fingerprint density at radius 2 is 2.15 bits per heavy atom. The number of fused-ring (bicyclic) bond motifs is 1. The van der Waals surface area contributed by atoms with Crippen LogP contribution in [0.25, 0.3) is 0 Å². The molecule has 26 heavy (non-hydrogen) atoms. The fourth-order valence-electron chi connectivity index (χ4n) is 2.69. The van der Waals surface area contributed by atoms with Crippen LogP contribution < -0.4 is 5.32 Å². The van der Waals surface area contributed by atoms with Crippen molar-refractivity contribution in [2.45, 2.75) is 32.3 Å². The molecule has 1 amide bonds. The zero-order chi connectivity index (χ0) is 18.7. The molecule has 1 N–H and O–H groups in total. The lowest BCUT2D eigenvalue weighted by atomic mass is 9.89. The van der Waals surface area contributed by atoms with Gasteiger partial charge >= 0.3 is 11.9 Å². The average molecular weight is 374 g/mol. The molecule has 0 saturated carbocycles. The number of carbonyl (C=O) groups excluding carboxylic acids is 3. The molecule has 1 atom stereocenters. The summed E-state index contributed by atoms with van der Waals surface area (Å²) in [6, 6.07) is 7.06. The minimum absolute atomic E-state index is 0.0415. The largest absolute Gasteiger partial charge is 0.466 e. The first-order valence-electron chi connectivity index (χ1n) is 8.14. The molecule has 0 bridgehead atoms. The summed E-state index contributed by atoms with van der Waals surface area (Å²) >= 11 is 1.20. The summed E-state index contributed by atoms with van der Waals surface area (Å²) in [6.45, 7) is 3.61. The number of amides is 1. The van der Waals surface area contributed by atoms with Crippen molar-refractivity contribution in [3.63, 3.8) is 0 Å². The number of carbonyl (C=O) groups is 3. The van der Waals surface area contributed by atoms with Crippen LogP contribution in [-0.2, 0) is 31.9 Å². The smallest absolute Gasteiger partial charge is 0.339 e. The molecule has 136 valence electrons. The Labute approximate surface area is 154 Å².